The topological polar surface area (TPSA) is 12.0 Å². The van der Waals surface area contributed by atoms with Gasteiger partial charge in [0.1, 0.15) is 0 Å². The predicted molar refractivity (Wildman–Crippen MR) is 70.5 cm³/mol. The SMILES string of the molecule is CC(C)(C)C1CCC(C2CCNCC2)CC1. The quantitative estimate of drug-likeness (QED) is 0.712. The normalized spacial score (nSPS) is 33.9. The van der Waals surface area contributed by atoms with E-state index in [0.29, 0.717) is 5.41 Å². The molecule has 0 aromatic carbocycles. The van der Waals surface area contributed by atoms with Crippen molar-refractivity contribution < 1.29 is 0 Å². The van der Waals surface area contributed by atoms with Crippen LogP contribution < -0.4 is 5.32 Å². The molecule has 1 nitrogen and oxygen atoms in total. The van der Waals surface area contributed by atoms with Crippen LogP contribution in [0.4, 0.5) is 0 Å². The molecule has 1 heterocycles. The maximum Gasteiger partial charge on any atom is -0.00462 e. The summed E-state index contributed by atoms with van der Waals surface area (Å²) in [7, 11) is 0. The molecule has 1 saturated heterocycles. The molecule has 0 amide bonds. The first-order valence-electron chi connectivity index (χ1n) is 7.28. The molecule has 2 fully saturated rings. The summed E-state index contributed by atoms with van der Waals surface area (Å²) in [5.41, 5.74) is 0.541. The lowest BCUT2D eigenvalue weighted by atomic mass is 9.66. The highest BCUT2D eigenvalue weighted by atomic mass is 14.9. The Morgan fingerprint density at radius 2 is 1.25 bits per heavy atom. The average Bonchev–Trinajstić information content (AvgIpc) is 2.29. The van der Waals surface area contributed by atoms with E-state index >= 15 is 0 Å². The summed E-state index contributed by atoms with van der Waals surface area (Å²) in [6, 6.07) is 0. The summed E-state index contributed by atoms with van der Waals surface area (Å²) < 4.78 is 0. The minimum atomic E-state index is 0.541. The molecule has 1 aliphatic carbocycles. The maximum absolute atomic E-state index is 3.49. The standard InChI is InChI=1S/C15H29N/c1-15(2,3)14-6-4-12(5-7-14)13-8-10-16-11-9-13/h12-14,16H,4-11H2,1-3H3. The predicted octanol–water partition coefficient (Wildman–Crippen LogP) is 3.84. The first kappa shape index (κ1) is 12.4. The molecule has 1 aliphatic heterocycles. The van der Waals surface area contributed by atoms with Gasteiger partial charge in [-0.25, -0.2) is 0 Å². The molecule has 0 aromatic rings. The number of hydrogen-bond acceptors (Lipinski definition) is 1. The van der Waals surface area contributed by atoms with Crippen LogP contribution in [-0.2, 0) is 0 Å². The summed E-state index contributed by atoms with van der Waals surface area (Å²) in [5.74, 6) is 3.08. The van der Waals surface area contributed by atoms with Crippen molar-refractivity contribution in [1.82, 2.24) is 5.32 Å². The zero-order valence-corrected chi connectivity index (χ0v) is 11.4. The van der Waals surface area contributed by atoms with Crippen molar-refractivity contribution in [2.24, 2.45) is 23.2 Å². The lowest BCUT2D eigenvalue weighted by Gasteiger charge is -2.40. The molecule has 0 aromatic heterocycles. The van der Waals surface area contributed by atoms with Crippen molar-refractivity contribution in [3.63, 3.8) is 0 Å². The van der Waals surface area contributed by atoms with Crippen molar-refractivity contribution in [3.8, 4) is 0 Å². The van der Waals surface area contributed by atoms with Crippen LogP contribution in [0.25, 0.3) is 0 Å². The number of rotatable bonds is 1. The summed E-state index contributed by atoms with van der Waals surface area (Å²) in [6.07, 6.45) is 8.85. The van der Waals surface area contributed by atoms with Crippen LogP contribution in [-0.4, -0.2) is 13.1 Å². The Kier molecular flexibility index (Phi) is 3.94. The summed E-state index contributed by atoms with van der Waals surface area (Å²) in [6.45, 7) is 9.79. The molecule has 0 unspecified atom stereocenters. The zero-order chi connectivity index (χ0) is 11.6. The molecular weight excluding hydrogens is 194 g/mol. The summed E-state index contributed by atoms with van der Waals surface area (Å²) in [4.78, 5) is 0. The monoisotopic (exact) mass is 223 g/mol. The smallest absolute Gasteiger partial charge is 0.00462 e. The van der Waals surface area contributed by atoms with E-state index in [4.69, 9.17) is 0 Å². The highest BCUT2D eigenvalue weighted by Gasteiger charge is 2.32. The fourth-order valence-electron chi connectivity index (χ4n) is 3.77. The molecule has 1 saturated carbocycles. The molecule has 1 heteroatoms. The fraction of sp³-hybridized carbons (Fsp3) is 1.00. The van der Waals surface area contributed by atoms with E-state index < -0.39 is 0 Å². The van der Waals surface area contributed by atoms with Crippen molar-refractivity contribution >= 4 is 0 Å². The van der Waals surface area contributed by atoms with E-state index in [1.54, 1.807) is 0 Å². The van der Waals surface area contributed by atoms with Gasteiger partial charge in [-0.1, -0.05) is 20.8 Å². The number of piperidine rings is 1. The van der Waals surface area contributed by atoms with E-state index in [0.717, 1.165) is 17.8 Å². The maximum atomic E-state index is 3.49. The Balaban J connectivity index is 1.80. The molecule has 0 spiro atoms. The fourth-order valence-corrected chi connectivity index (χ4v) is 3.77. The molecule has 1 N–H and O–H groups in total. The summed E-state index contributed by atoms with van der Waals surface area (Å²) >= 11 is 0. The van der Waals surface area contributed by atoms with E-state index in [2.05, 4.69) is 26.1 Å². The highest BCUT2D eigenvalue weighted by molar-refractivity contribution is 4.84. The Morgan fingerprint density at radius 3 is 1.75 bits per heavy atom. The largest absolute Gasteiger partial charge is 0.317 e. The van der Waals surface area contributed by atoms with Gasteiger partial charge in [-0.3, -0.25) is 0 Å². The second kappa shape index (κ2) is 5.08. The molecule has 94 valence electrons. The van der Waals surface area contributed by atoms with Crippen LogP contribution in [0, 0.1) is 23.2 Å². The van der Waals surface area contributed by atoms with Gasteiger partial charge in [-0.05, 0) is 74.8 Å². The van der Waals surface area contributed by atoms with Gasteiger partial charge < -0.3 is 5.32 Å². The zero-order valence-electron chi connectivity index (χ0n) is 11.4. The van der Waals surface area contributed by atoms with Gasteiger partial charge in [0.2, 0.25) is 0 Å². The molecule has 0 radical (unpaired) electrons. The van der Waals surface area contributed by atoms with Gasteiger partial charge in [-0.2, -0.15) is 0 Å². The molecule has 2 aliphatic rings. The lowest BCUT2D eigenvalue weighted by molar-refractivity contribution is 0.112. The van der Waals surface area contributed by atoms with Crippen LogP contribution in [0.15, 0.2) is 0 Å². The average molecular weight is 223 g/mol. The summed E-state index contributed by atoms with van der Waals surface area (Å²) in [5, 5.41) is 3.49. The minimum absolute atomic E-state index is 0.541. The van der Waals surface area contributed by atoms with Gasteiger partial charge in [0, 0.05) is 0 Å². The molecular formula is C15H29N. The van der Waals surface area contributed by atoms with E-state index in [1.807, 2.05) is 0 Å². The first-order valence-corrected chi connectivity index (χ1v) is 7.28. The third-order valence-electron chi connectivity index (χ3n) is 5.05. The van der Waals surface area contributed by atoms with Gasteiger partial charge in [0.15, 0.2) is 0 Å². The van der Waals surface area contributed by atoms with E-state index in [9.17, 15) is 0 Å². The minimum Gasteiger partial charge on any atom is -0.317 e. The van der Waals surface area contributed by atoms with Crippen LogP contribution in [0.5, 0.6) is 0 Å². The second-order valence-corrected chi connectivity index (χ2v) is 7.07. The third-order valence-corrected chi connectivity index (χ3v) is 5.05. The van der Waals surface area contributed by atoms with Crippen molar-refractivity contribution in [2.75, 3.05) is 13.1 Å². The van der Waals surface area contributed by atoms with Crippen LogP contribution in [0.2, 0.25) is 0 Å². The van der Waals surface area contributed by atoms with Crippen LogP contribution in [0.3, 0.4) is 0 Å². The van der Waals surface area contributed by atoms with Crippen molar-refractivity contribution in [3.05, 3.63) is 0 Å². The highest BCUT2D eigenvalue weighted by Crippen LogP contribution is 2.43. The molecule has 16 heavy (non-hydrogen) atoms. The second-order valence-electron chi connectivity index (χ2n) is 7.07. The number of nitrogens with one attached hydrogen (secondary N) is 1. The molecule has 0 bridgehead atoms. The van der Waals surface area contributed by atoms with E-state index in [-0.39, 0.29) is 0 Å². The third kappa shape index (κ3) is 3.00. The molecule has 0 atom stereocenters. The Labute approximate surface area is 101 Å². The van der Waals surface area contributed by atoms with E-state index in [1.165, 1.54) is 51.6 Å². The van der Waals surface area contributed by atoms with Gasteiger partial charge in [0.25, 0.3) is 0 Å². The lowest BCUT2D eigenvalue weighted by Crippen LogP contribution is -2.34. The van der Waals surface area contributed by atoms with Crippen molar-refractivity contribution in [2.45, 2.75) is 59.3 Å². The van der Waals surface area contributed by atoms with Gasteiger partial charge in [0.05, 0.1) is 0 Å². The van der Waals surface area contributed by atoms with Gasteiger partial charge in [-0.15, -0.1) is 0 Å². The Morgan fingerprint density at radius 1 is 0.750 bits per heavy atom. The Hall–Kier alpha value is -0.0400. The number of hydrogen-bond donors (Lipinski definition) is 1. The van der Waals surface area contributed by atoms with Crippen LogP contribution >= 0.6 is 0 Å². The van der Waals surface area contributed by atoms with Crippen LogP contribution in [0.1, 0.15) is 59.3 Å². The molecule has 2 rings (SSSR count). The van der Waals surface area contributed by atoms with Crippen molar-refractivity contribution in [1.29, 1.82) is 0 Å². The Bertz CT molecular complexity index is 202. The first-order chi connectivity index (χ1) is 7.57. The van der Waals surface area contributed by atoms with Gasteiger partial charge >= 0.3 is 0 Å².